The summed E-state index contributed by atoms with van der Waals surface area (Å²) in [6, 6.07) is 9.33. The van der Waals surface area contributed by atoms with Gasteiger partial charge in [-0.25, -0.2) is 24.3 Å². The average molecular weight is 398 g/mol. The summed E-state index contributed by atoms with van der Waals surface area (Å²) in [5.41, 5.74) is 0.813. The molecule has 29 heavy (non-hydrogen) atoms. The summed E-state index contributed by atoms with van der Waals surface area (Å²) >= 11 is 0. The molecule has 1 atom stereocenters. The number of amides is 4. The van der Waals surface area contributed by atoms with E-state index >= 15 is 0 Å². The number of carboxylic acid groups (broad SMARTS) is 1. The number of carbonyl (C=O) groups is 3. The lowest BCUT2D eigenvalue weighted by Crippen LogP contribution is -2.45. The van der Waals surface area contributed by atoms with Gasteiger partial charge in [-0.3, -0.25) is 0 Å². The van der Waals surface area contributed by atoms with Crippen molar-refractivity contribution in [1.82, 2.24) is 15.2 Å². The molecule has 0 aromatic heterocycles. The number of aromatic hydroxyl groups is 2. The second kappa shape index (κ2) is 8.30. The van der Waals surface area contributed by atoms with E-state index in [0.717, 1.165) is 9.91 Å². The highest BCUT2D eigenvalue weighted by Crippen LogP contribution is 2.24. The minimum absolute atomic E-state index is 0.0317. The van der Waals surface area contributed by atoms with Gasteiger partial charge < -0.3 is 20.6 Å². The molecule has 4 amide bonds. The fourth-order valence-electron chi connectivity index (χ4n) is 2.71. The van der Waals surface area contributed by atoms with Crippen LogP contribution in [0, 0.1) is 0 Å². The predicted molar refractivity (Wildman–Crippen MR) is 102 cm³/mol. The number of phenols is 2. The maximum Gasteiger partial charge on any atom is 0.348 e. The maximum absolute atomic E-state index is 12.4. The van der Waals surface area contributed by atoms with Crippen LogP contribution < -0.4 is 5.32 Å². The number of hydrogen-bond acceptors (Lipinski definition) is 6. The topological polar surface area (TPSA) is 143 Å². The largest absolute Gasteiger partial charge is 0.504 e. The Bertz CT molecular complexity index is 962. The van der Waals surface area contributed by atoms with Crippen LogP contribution in [0.25, 0.3) is 0 Å². The molecule has 3 rings (SSSR count). The number of nitrogens with zero attached hydrogens (tertiary/aromatic N) is 3. The third-order valence-electron chi connectivity index (χ3n) is 4.23. The fourth-order valence-corrected chi connectivity index (χ4v) is 2.71. The van der Waals surface area contributed by atoms with Crippen molar-refractivity contribution in [2.75, 3.05) is 13.1 Å². The molecule has 1 fully saturated rings. The Balaban J connectivity index is 1.67. The molecule has 2 aromatic rings. The highest BCUT2D eigenvalue weighted by Gasteiger charge is 2.35. The van der Waals surface area contributed by atoms with Crippen molar-refractivity contribution in [2.45, 2.75) is 6.04 Å². The lowest BCUT2D eigenvalue weighted by atomic mass is 10.1. The van der Waals surface area contributed by atoms with E-state index in [2.05, 4.69) is 10.4 Å². The van der Waals surface area contributed by atoms with Crippen LogP contribution in [0.4, 0.5) is 9.59 Å². The van der Waals surface area contributed by atoms with Crippen molar-refractivity contribution in [3.05, 3.63) is 59.7 Å². The van der Waals surface area contributed by atoms with Gasteiger partial charge in [-0.2, -0.15) is 5.10 Å². The number of hydrazone groups is 1. The maximum atomic E-state index is 12.4. The second-order valence-corrected chi connectivity index (χ2v) is 6.18. The van der Waals surface area contributed by atoms with Crippen molar-refractivity contribution in [2.24, 2.45) is 5.10 Å². The number of urea groups is 2. The Morgan fingerprint density at radius 1 is 1.07 bits per heavy atom. The standard InChI is InChI=1S/C19H18N4O6/c24-14-7-6-12(10-15(14)25)11-20-23-9-8-22(19(23)29)18(28)21-16(17(26)27)13-4-2-1-3-5-13/h1-7,10-11,16,24-25H,8-9H2,(H,21,28)(H,26,27). The summed E-state index contributed by atoms with van der Waals surface area (Å²) < 4.78 is 0. The van der Waals surface area contributed by atoms with Gasteiger partial charge in [0.25, 0.3) is 0 Å². The van der Waals surface area contributed by atoms with Crippen LogP contribution in [-0.2, 0) is 4.79 Å². The highest BCUT2D eigenvalue weighted by molar-refractivity contribution is 5.97. The Labute approximate surface area is 165 Å². The van der Waals surface area contributed by atoms with Gasteiger partial charge in [0, 0.05) is 0 Å². The molecule has 10 nitrogen and oxygen atoms in total. The molecule has 1 saturated heterocycles. The lowest BCUT2D eigenvalue weighted by molar-refractivity contribution is -0.139. The van der Waals surface area contributed by atoms with Crippen molar-refractivity contribution in [3.8, 4) is 11.5 Å². The SMILES string of the molecule is O=C(O)C(NC(=O)N1CCN(N=Cc2ccc(O)c(O)c2)C1=O)c1ccccc1. The molecule has 0 spiro atoms. The Hall–Kier alpha value is -4.08. The van der Waals surface area contributed by atoms with E-state index in [0.29, 0.717) is 11.1 Å². The number of imide groups is 1. The average Bonchev–Trinajstić information content (AvgIpc) is 3.08. The van der Waals surface area contributed by atoms with E-state index in [9.17, 15) is 29.7 Å². The molecule has 150 valence electrons. The molecule has 1 unspecified atom stereocenters. The quantitative estimate of drug-likeness (QED) is 0.446. The first-order valence-corrected chi connectivity index (χ1v) is 8.60. The zero-order chi connectivity index (χ0) is 21.0. The Morgan fingerprint density at radius 3 is 2.45 bits per heavy atom. The monoisotopic (exact) mass is 398 g/mol. The molecule has 0 radical (unpaired) electrons. The Morgan fingerprint density at radius 2 is 1.79 bits per heavy atom. The van der Waals surface area contributed by atoms with Crippen molar-refractivity contribution < 1.29 is 29.7 Å². The van der Waals surface area contributed by atoms with Crippen LogP contribution in [-0.4, -0.2) is 62.6 Å². The van der Waals surface area contributed by atoms with E-state index in [-0.39, 0.29) is 24.6 Å². The summed E-state index contributed by atoms with van der Waals surface area (Å²) in [6.07, 6.45) is 1.29. The molecule has 10 heteroatoms. The van der Waals surface area contributed by atoms with Gasteiger partial charge in [-0.05, 0) is 29.3 Å². The number of phenolic OH excluding ortho intramolecular Hbond substituents is 2. The van der Waals surface area contributed by atoms with Crippen LogP contribution in [0.15, 0.2) is 53.6 Å². The second-order valence-electron chi connectivity index (χ2n) is 6.18. The molecule has 1 heterocycles. The van der Waals surface area contributed by atoms with E-state index in [4.69, 9.17) is 0 Å². The Kier molecular flexibility index (Phi) is 5.63. The van der Waals surface area contributed by atoms with Gasteiger partial charge in [0.05, 0.1) is 19.3 Å². The van der Waals surface area contributed by atoms with Gasteiger partial charge in [0.2, 0.25) is 0 Å². The van der Waals surface area contributed by atoms with Gasteiger partial charge >= 0.3 is 18.0 Å². The first-order chi connectivity index (χ1) is 13.9. The summed E-state index contributed by atoms with van der Waals surface area (Å²) in [7, 11) is 0. The van der Waals surface area contributed by atoms with E-state index in [1.165, 1.54) is 24.4 Å². The molecule has 0 aliphatic carbocycles. The minimum Gasteiger partial charge on any atom is -0.504 e. The number of aliphatic carboxylic acids is 1. The molecular weight excluding hydrogens is 380 g/mol. The summed E-state index contributed by atoms with van der Waals surface area (Å²) in [6.45, 7) is 0.153. The predicted octanol–water partition coefficient (Wildman–Crippen LogP) is 1.70. The fraction of sp³-hybridized carbons (Fsp3) is 0.158. The van der Waals surface area contributed by atoms with Crippen LogP contribution in [0.5, 0.6) is 11.5 Å². The van der Waals surface area contributed by atoms with E-state index < -0.39 is 24.1 Å². The molecule has 4 N–H and O–H groups in total. The molecule has 1 aliphatic rings. The van der Waals surface area contributed by atoms with E-state index in [1.807, 2.05) is 0 Å². The zero-order valence-electron chi connectivity index (χ0n) is 15.1. The minimum atomic E-state index is -1.30. The van der Waals surface area contributed by atoms with Gasteiger partial charge in [-0.15, -0.1) is 0 Å². The summed E-state index contributed by atoms with van der Waals surface area (Å²) in [4.78, 5) is 37.2. The third kappa shape index (κ3) is 4.43. The summed E-state index contributed by atoms with van der Waals surface area (Å²) in [5, 5.41) is 35.5. The molecule has 0 saturated carbocycles. The molecule has 2 aromatic carbocycles. The molecule has 1 aliphatic heterocycles. The van der Waals surface area contributed by atoms with Crippen LogP contribution in [0.1, 0.15) is 17.2 Å². The molecular formula is C19H18N4O6. The van der Waals surface area contributed by atoms with Crippen LogP contribution in [0.2, 0.25) is 0 Å². The highest BCUT2D eigenvalue weighted by atomic mass is 16.4. The summed E-state index contributed by atoms with van der Waals surface area (Å²) in [5.74, 6) is -1.87. The number of benzene rings is 2. The number of carbonyl (C=O) groups excluding carboxylic acids is 2. The number of rotatable bonds is 5. The lowest BCUT2D eigenvalue weighted by Gasteiger charge is -2.19. The van der Waals surface area contributed by atoms with Gasteiger partial charge in [-0.1, -0.05) is 30.3 Å². The molecule has 0 bridgehead atoms. The van der Waals surface area contributed by atoms with Gasteiger partial charge in [0.1, 0.15) is 0 Å². The van der Waals surface area contributed by atoms with Crippen LogP contribution in [0.3, 0.4) is 0 Å². The first-order valence-electron chi connectivity index (χ1n) is 8.60. The number of nitrogens with one attached hydrogen (secondary N) is 1. The number of hydrogen-bond donors (Lipinski definition) is 4. The smallest absolute Gasteiger partial charge is 0.348 e. The van der Waals surface area contributed by atoms with Crippen molar-refractivity contribution >= 4 is 24.2 Å². The van der Waals surface area contributed by atoms with E-state index in [1.54, 1.807) is 30.3 Å². The normalized spacial score (nSPS) is 15.0. The zero-order valence-corrected chi connectivity index (χ0v) is 15.1. The van der Waals surface area contributed by atoms with Gasteiger partial charge in [0.15, 0.2) is 17.5 Å². The van der Waals surface area contributed by atoms with Crippen molar-refractivity contribution in [1.29, 1.82) is 0 Å². The van der Waals surface area contributed by atoms with Crippen molar-refractivity contribution in [3.63, 3.8) is 0 Å². The number of carboxylic acids is 1. The first kappa shape index (κ1) is 19.7. The third-order valence-corrected chi connectivity index (χ3v) is 4.23. The van der Waals surface area contributed by atoms with Crippen LogP contribution >= 0.6 is 0 Å².